The molecule has 0 aromatic heterocycles. The van der Waals surface area contributed by atoms with E-state index in [-0.39, 0.29) is 17.9 Å². The van der Waals surface area contributed by atoms with E-state index in [1.54, 1.807) is 30.3 Å². The van der Waals surface area contributed by atoms with Crippen molar-refractivity contribution in [2.75, 3.05) is 17.3 Å². The molecule has 2 aromatic carbocycles. The van der Waals surface area contributed by atoms with E-state index < -0.39 is 0 Å². The van der Waals surface area contributed by atoms with Gasteiger partial charge in [-0.1, -0.05) is 108 Å². The van der Waals surface area contributed by atoms with Crippen molar-refractivity contribution < 1.29 is 28.6 Å². The van der Waals surface area contributed by atoms with Crippen LogP contribution in [0.2, 0.25) is 0 Å². The van der Waals surface area contributed by atoms with Gasteiger partial charge in [0.1, 0.15) is 17.2 Å². The van der Waals surface area contributed by atoms with Crippen LogP contribution in [0.1, 0.15) is 107 Å². The van der Waals surface area contributed by atoms with Crippen molar-refractivity contribution in [3.05, 3.63) is 53.6 Å². The van der Waals surface area contributed by atoms with Gasteiger partial charge in [-0.15, -0.1) is 0 Å². The van der Waals surface area contributed by atoms with Crippen LogP contribution < -0.4 is 14.2 Å². The van der Waals surface area contributed by atoms with E-state index in [9.17, 15) is 14.4 Å². The second kappa shape index (κ2) is 22.7. The molecule has 2 aromatic rings. The average molecular weight is 793 g/mol. The van der Waals surface area contributed by atoms with Crippen LogP contribution in [0.15, 0.2) is 42.5 Å². The number of ether oxygens (including phenoxy) is 3. The van der Waals surface area contributed by atoms with Crippen molar-refractivity contribution >= 4 is 94.8 Å². The standard InChI is InChI=1S/C38H48O6S6/c39-36(10-4-1-7-33-19-22-45-48-33)42-30-17-15-28(16-18-30)13-14-29-25-31(43-37(40)11-5-2-8-34-20-23-46-49-34)27-32(26-29)44-38(41)12-6-3-9-35-21-24-47-50-35/h13-18,25-27,33-35H,1-12,19-24H2/b14-13+. The van der Waals surface area contributed by atoms with Gasteiger partial charge in [-0.25, -0.2) is 0 Å². The number of benzene rings is 2. The molecule has 0 spiro atoms. The highest BCUT2D eigenvalue weighted by Gasteiger charge is 2.19. The number of hydrogen-bond acceptors (Lipinski definition) is 12. The number of hydrogen-bond donors (Lipinski definition) is 0. The minimum absolute atomic E-state index is 0.200. The number of carbonyl (C=O) groups is 3. The summed E-state index contributed by atoms with van der Waals surface area (Å²) in [5.74, 6) is 4.16. The first-order chi connectivity index (χ1) is 24.5. The average Bonchev–Trinajstić information content (AvgIpc) is 3.92. The van der Waals surface area contributed by atoms with E-state index in [4.69, 9.17) is 14.2 Å². The Labute approximate surface area is 321 Å². The maximum Gasteiger partial charge on any atom is 0.311 e. The second-order valence-electron chi connectivity index (χ2n) is 12.8. The van der Waals surface area contributed by atoms with Crippen LogP contribution in [0, 0.1) is 0 Å². The monoisotopic (exact) mass is 792 g/mol. The summed E-state index contributed by atoms with van der Waals surface area (Å²) in [7, 11) is 11.7. The molecular formula is C38H48O6S6. The van der Waals surface area contributed by atoms with Crippen molar-refractivity contribution in [1.29, 1.82) is 0 Å². The Bertz CT molecular complexity index is 1330. The van der Waals surface area contributed by atoms with E-state index >= 15 is 0 Å². The summed E-state index contributed by atoms with van der Waals surface area (Å²) in [5, 5.41) is 2.13. The highest BCUT2D eigenvalue weighted by molar-refractivity contribution is 8.78. The van der Waals surface area contributed by atoms with Crippen molar-refractivity contribution in [2.24, 2.45) is 0 Å². The molecule has 3 aliphatic rings. The molecule has 3 atom stereocenters. The largest absolute Gasteiger partial charge is 0.427 e. The quantitative estimate of drug-likeness (QED) is 0.0421. The summed E-state index contributed by atoms with van der Waals surface area (Å²) in [4.78, 5) is 37.9. The third-order valence-corrected chi connectivity index (χ3v) is 17.6. The lowest BCUT2D eigenvalue weighted by molar-refractivity contribution is -0.135. The zero-order chi connectivity index (χ0) is 34.8. The Balaban J connectivity index is 1.12. The topological polar surface area (TPSA) is 78.9 Å². The Morgan fingerprint density at radius 2 is 0.920 bits per heavy atom. The fourth-order valence-electron chi connectivity index (χ4n) is 5.81. The smallest absolute Gasteiger partial charge is 0.311 e. The molecule has 0 aliphatic carbocycles. The molecule has 0 saturated carbocycles. The fourth-order valence-corrected chi connectivity index (χ4v) is 14.9. The maximum atomic E-state index is 12.8. The number of carbonyl (C=O) groups excluding carboxylic acids is 3. The van der Waals surface area contributed by atoms with E-state index in [1.807, 2.05) is 89.0 Å². The van der Waals surface area contributed by atoms with Crippen LogP contribution in [0.5, 0.6) is 17.2 Å². The number of rotatable bonds is 20. The summed E-state index contributed by atoms with van der Waals surface area (Å²) >= 11 is 0. The van der Waals surface area contributed by atoms with Gasteiger partial charge in [0.05, 0.1) is 0 Å². The van der Waals surface area contributed by atoms with Crippen LogP contribution in [0.4, 0.5) is 0 Å². The van der Waals surface area contributed by atoms with Crippen LogP contribution in [-0.4, -0.2) is 50.9 Å². The Morgan fingerprint density at radius 3 is 1.32 bits per heavy atom. The molecule has 5 rings (SSSR count). The van der Waals surface area contributed by atoms with Crippen molar-refractivity contribution in [1.82, 2.24) is 0 Å². The van der Waals surface area contributed by atoms with Crippen LogP contribution in [0.3, 0.4) is 0 Å². The maximum absolute atomic E-state index is 12.8. The molecular weight excluding hydrogens is 745 g/mol. The number of unbranched alkanes of at least 4 members (excludes halogenated alkanes) is 3. The summed E-state index contributed by atoms with van der Waals surface area (Å²) in [6.07, 6.45) is 17.7. The third kappa shape index (κ3) is 15.3. The Morgan fingerprint density at radius 1 is 0.520 bits per heavy atom. The first-order valence-electron chi connectivity index (χ1n) is 17.9. The van der Waals surface area contributed by atoms with Crippen molar-refractivity contribution in [2.45, 2.75) is 112 Å². The first-order valence-corrected chi connectivity index (χ1v) is 25.0. The van der Waals surface area contributed by atoms with Crippen LogP contribution >= 0.6 is 64.8 Å². The molecule has 6 nitrogen and oxygen atoms in total. The van der Waals surface area contributed by atoms with Crippen LogP contribution in [-0.2, 0) is 14.4 Å². The lowest BCUT2D eigenvalue weighted by Gasteiger charge is -2.11. The lowest BCUT2D eigenvalue weighted by atomic mass is 10.1. The minimum atomic E-state index is -0.281. The van der Waals surface area contributed by atoms with Crippen molar-refractivity contribution in [3.8, 4) is 17.2 Å². The third-order valence-electron chi connectivity index (χ3n) is 8.60. The molecule has 12 heteroatoms. The predicted octanol–water partition coefficient (Wildman–Crippen LogP) is 11.7. The molecule has 3 heterocycles. The summed E-state index contributed by atoms with van der Waals surface area (Å²) in [5.41, 5.74) is 1.66. The normalized spacial score (nSPS) is 20.4. The fraction of sp³-hybridized carbons (Fsp3) is 0.553. The Hall–Kier alpha value is -1.31. The van der Waals surface area contributed by atoms with E-state index in [2.05, 4.69) is 0 Å². The number of esters is 3. The van der Waals surface area contributed by atoms with Gasteiger partial charge >= 0.3 is 17.9 Å². The Kier molecular flexibility index (Phi) is 18.1. The van der Waals surface area contributed by atoms with Gasteiger partial charge in [-0.05, 0) is 93.2 Å². The lowest BCUT2D eigenvalue weighted by Crippen LogP contribution is -2.10. The highest BCUT2D eigenvalue weighted by atomic mass is 33.1. The molecule has 3 saturated heterocycles. The second-order valence-corrected chi connectivity index (χ2v) is 21.1. The molecule has 3 aliphatic heterocycles. The summed E-state index contributed by atoms with van der Waals surface area (Å²) in [6, 6.07) is 12.6. The molecule has 3 unspecified atom stereocenters. The molecule has 0 N–H and O–H groups in total. The van der Waals surface area contributed by atoms with E-state index in [1.165, 1.54) is 42.9 Å². The zero-order valence-electron chi connectivity index (χ0n) is 28.6. The van der Waals surface area contributed by atoms with Gasteiger partial charge in [-0.2, -0.15) is 0 Å². The molecule has 3 fully saturated rings. The zero-order valence-corrected chi connectivity index (χ0v) is 33.5. The summed E-state index contributed by atoms with van der Waals surface area (Å²) in [6.45, 7) is 0. The van der Waals surface area contributed by atoms with Gasteiger partial charge < -0.3 is 14.2 Å². The van der Waals surface area contributed by atoms with Crippen molar-refractivity contribution in [3.63, 3.8) is 0 Å². The SMILES string of the molecule is O=C(CCCCC1CCSS1)Oc1ccc(/C=C/c2cc(OC(=O)CCCCC3CCSS3)cc(OC(=O)CCCCC3CCSS3)c2)cc1. The molecule has 0 amide bonds. The van der Waals surface area contributed by atoms with Gasteiger partial charge in [0.25, 0.3) is 0 Å². The molecule has 50 heavy (non-hydrogen) atoms. The molecule has 0 bridgehead atoms. The van der Waals surface area contributed by atoms with Gasteiger partial charge in [0.2, 0.25) is 0 Å². The van der Waals surface area contributed by atoms with Gasteiger partial charge in [0.15, 0.2) is 0 Å². The van der Waals surface area contributed by atoms with E-state index in [0.717, 1.165) is 67.7 Å². The summed E-state index contributed by atoms with van der Waals surface area (Å²) < 4.78 is 17.0. The van der Waals surface area contributed by atoms with E-state index in [0.29, 0.717) is 47.0 Å². The first kappa shape index (κ1) is 39.9. The van der Waals surface area contributed by atoms with Crippen LogP contribution in [0.25, 0.3) is 12.2 Å². The predicted molar refractivity (Wildman–Crippen MR) is 219 cm³/mol. The molecule has 272 valence electrons. The minimum Gasteiger partial charge on any atom is -0.427 e. The van der Waals surface area contributed by atoms with Gasteiger partial charge in [0, 0.05) is 58.3 Å². The highest BCUT2D eigenvalue weighted by Crippen LogP contribution is 2.41. The molecule has 0 radical (unpaired) electrons. The van der Waals surface area contributed by atoms with Gasteiger partial charge in [-0.3, -0.25) is 14.4 Å².